The van der Waals surface area contributed by atoms with Crippen LogP contribution < -0.4 is 10.2 Å². The first kappa shape index (κ1) is 19.8. The summed E-state index contributed by atoms with van der Waals surface area (Å²) in [5.41, 5.74) is 2.16. The molecule has 0 radical (unpaired) electrons. The number of benzene rings is 1. The first-order valence-corrected chi connectivity index (χ1v) is 10.4. The lowest BCUT2D eigenvalue weighted by Crippen LogP contribution is -2.49. The molecule has 4 rings (SSSR count). The van der Waals surface area contributed by atoms with E-state index in [9.17, 15) is 4.79 Å². The lowest BCUT2D eigenvalue weighted by Gasteiger charge is -2.35. The van der Waals surface area contributed by atoms with Crippen molar-refractivity contribution in [1.82, 2.24) is 20.1 Å². The highest BCUT2D eigenvalue weighted by atomic mass is 16.2. The molecule has 1 aromatic carbocycles. The molecule has 0 unspecified atom stereocenters. The fourth-order valence-corrected chi connectivity index (χ4v) is 3.58. The van der Waals surface area contributed by atoms with Gasteiger partial charge in [-0.05, 0) is 42.7 Å². The van der Waals surface area contributed by atoms with E-state index in [0.717, 1.165) is 50.5 Å². The highest BCUT2D eigenvalue weighted by molar-refractivity contribution is 5.76. The predicted molar refractivity (Wildman–Crippen MR) is 118 cm³/mol. The van der Waals surface area contributed by atoms with Crippen LogP contribution in [0.3, 0.4) is 0 Å². The molecule has 2 aromatic heterocycles. The molecule has 0 spiro atoms. The van der Waals surface area contributed by atoms with E-state index >= 15 is 0 Å². The van der Waals surface area contributed by atoms with E-state index in [-0.39, 0.29) is 5.91 Å². The van der Waals surface area contributed by atoms with Crippen LogP contribution in [0.2, 0.25) is 0 Å². The summed E-state index contributed by atoms with van der Waals surface area (Å²) in [5.74, 6) is 1.76. The normalized spacial score (nSPS) is 13.9. The number of anilines is 3. The summed E-state index contributed by atoms with van der Waals surface area (Å²) in [5, 5.41) is 11.8. The summed E-state index contributed by atoms with van der Waals surface area (Å²) < 4.78 is 0. The van der Waals surface area contributed by atoms with Crippen LogP contribution in [0.1, 0.15) is 18.4 Å². The lowest BCUT2D eigenvalue weighted by molar-refractivity contribution is -0.131. The van der Waals surface area contributed by atoms with Crippen LogP contribution in [0.25, 0.3) is 0 Å². The number of aromatic nitrogens is 3. The number of rotatable bonds is 7. The van der Waals surface area contributed by atoms with E-state index < -0.39 is 0 Å². The van der Waals surface area contributed by atoms with Crippen molar-refractivity contribution >= 4 is 23.2 Å². The Hall–Kier alpha value is -3.48. The van der Waals surface area contributed by atoms with E-state index in [1.807, 2.05) is 47.4 Å². The van der Waals surface area contributed by atoms with Gasteiger partial charge in [0, 0.05) is 38.8 Å². The van der Waals surface area contributed by atoms with Crippen molar-refractivity contribution in [2.24, 2.45) is 0 Å². The summed E-state index contributed by atoms with van der Waals surface area (Å²) in [6.07, 6.45) is 5.91. The molecule has 0 saturated carbocycles. The average Bonchev–Trinajstić information content (AvgIpc) is 2.81. The minimum atomic E-state index is 0.243. The average molecular weight is 403 g/mol. The molecule has 1 aliphatic rings. The molecule has 3 heterocycles. The number of nitrogens with zero attached hydrogens (tertiary/aromatic N) is 5. The Kier molecular flexibility index (Phi) is 6.49. The summed E-state index contributed by atoms with van der Waals surface area (Å²) in [4.78, 5) is 20.7. The number of carbonyl (C=O) groups is 1. The van der Waals surface area contributed by atoms with Gasteiger partial charge in [0.15, 0.2) is 11.6 Å². The van der Waals surface area contributed by atoms with E-state index in [0.29, 0.717) is 12.2 Å². The van der Waals surface area contributed by atoms with Gasteiger partial charge < -0.3 is 15.1 Å². The van der Waals surface area contributed by atoms with Gasteiger partial charge in [0.25, 0.3) is 0 Å². The molecule has 0 bridgehead atoms. The number of hydrogen-bond acceptors (Lipinski definition) is 6. The van der Waals surface area contributed by atoms with Crippen LogP contribution in [0.5, 0.6) is 0 Å². The Bertz CT molecular complexity index is 925. The minimum absolute atomic E-state index is 0.243. The molecule has 1 saturated heterocycles. The molecule has 0 aliphatic carbocycles. The number of pyridine rings is 1. The maximum atomic E-state index is 12.5. The molecule has 1 fully saturated rings. The maximum absolute atomic E-state index is 12.5. The van der Waals surface area contributed by atoms with Crippen molar-refractivity contribution in [2.45, 2.75) is 19.3 Å². The smallest absolute Gasteiger partial charge is 0.222 e. The second-order valence-corrected chi connectivity index (χ2v) is 7.35. The summed E-state index contributed by atoms with van der Waals surface area (Å²) in [6.45, 7) is 2.99. The molecule has 1 N–H and O–H groups in total. The summed E-state index contributed by atoms with van der Waals surface area (Å²) in [7, 11) is 0. The fraction of sp³-hybridized carbons (Fsp3) is 0.304. The number of amides is 1. The van der Waals surface area contributed by atoms with Crippen molar-refractivity contribution in [3.8, 4) is 0 Å². The molecule has 30 heavy (non-hydrogen) atoms. The standard InChI is InChI=1S/C23H26N6O/c30-23(10-4-8-19-6-2-1-3-7-19)29-16-14-28(15-17-29)22-12-11-21(26-27-22)25-20-9-5-13-24-18-20/h1-3,5-7,9,11-13,18H,4,8,10,14-17H2,(H,25,26). The molecule has 0 atom stereocenters. The Balaban J connectivity index is 1.22. The first-order valence-electron chi connectivity index (χ1n) is 10.4. The topological polar surface area (TPSA) is 74.2 Å². The number of aryl methyl sites for hydroxylation is 1. The number of hydrogen-bond donors (Lipinski definition) is 1. The molecule has 3 aromatic rings. The van der Waals surface area contributed by atoms with Gasteiger partial charge in [-0.3, -0.25) is 9.78 Å². The zero-order valence-electron chi connectivity index (χ0n) is 16.9. The molecular formula is C23H26N6O. The largest absolute Gasteiger partial charge is 0.352 e. The third kappa shape index (κ3) is 5.31. The predicted octanol–water partition coefficient (Wildman–Crippen LogP) is 3.29. The molecule has 7 heteroatoms. The van der Waals surface area contributed by atoms with E-state index in [1.54, 1.807) is 12.4 Å². The van der Waals surface area contributed by atoms with E-state index in [1.165, 1.54) is 5.56 Å². The number of nitrogens with one attached hydrogen (secondary N) is 1. The zero-order valence-corrected chi connectivity index (χ0v) is 16.9. The zero-order chi connectivity index (χ0) is 20.6. The van der Waals surface area contributed by atoms with Crippen molar-refractivity contribution in [3.05, 3.63) is 72.6 Å². The molecule has 1 aliphatic heterocycles. The van der Waals surface area contributed by atoms with Crippen LogP contribution in [0.15, 0.2) is 67.0 Å². The Morgan fingerprint density at radius 1 is 0.933 bits per heavy atom. The van der Waals surface area contributed by atoms with Gasteiger partial charge in [-0.15, -0.1) is 10.2 Å². The Morgan fingerprint density at radius 3 is 2.47 bits per heavy atom. The highest BCUT2D eigenvalue weighted by Gasteiger charge is 2.21. The SMILES string of the molecule is O=C(CCCc1ccccc1)N1CCN(c2ccc(Nc3cccnc3)nn2)CC1. The number of carbonyl (C=O) groups excluding carboxylic acids is 1. The van der Waals surface area contributed by atoms with Crippen LogP contribution in [0.4, 0.5) is 17.3 Å². The van der Waals surface area contributed by atoms with Crippen LogP contribution in [0, 0.1) is 0 Å². The molecule has 154 valence electrons. The molecule has 1 amide bonds. The van der Waals surface area contributed by atoms with Crippen molar-refractivity contribution in [3.63, 3.8) is 0 Å². The Morgan fingerprint density at radius 2 is 1.77 bits per heavy atom. The summed E-state index contributed by atoms with van der Waals surface area (Å²) in [6, 6.07) is 18.0. The first-order chi connectivity index (χ1) is 14.8. The van der Waals surface area contributed by atoms with Gasteiger partial charge >= 0.3 is 0 Å². The van der Waals surface area contributed by atoms with Gasteiger partial charge in [-0.2, -0.15) is 0 Å². The van der Waals surface area contributed by atoms with Crippen LogP contribution in [-0.4, -0.2) is 52.2 Å². The third-order valence-electron chi connectivity index (χ3n) is 5.24. The quantitative estimate of drug-likeness (QED) is 0.654. The maximum Gasteiger partial charge on any atom is 0.222 e. The van der Waals surface area contributed by atoms with E-state index in [4.69, 9.17) is 0 Å². The van der Waals surface area contributed by atoms with Gasteiger partial charge in [0.05, 0.1) is 11.9 Å². The van der Waals surface area contributed by atoms with Crippen molar-refractivity contribution in [2.75, 3.05) is 36.4 Å². The van der Waals surface area contributed by atoms with Gasteiger partial charge in [0.2, 0.25) is 5.91 Å². The highest BCUT2D eigenvalue weighted by Crippen LogP contribution is 2.17. The number of piperazine rings is 1. The molecular weight excluding hydrogens is 376 g/mol. The minimum Gasteiger partial charge on any atom is -0.352 e. The van der Waals surface area contributed by atoms with Gasteiger partial charge in [0.1, 0.15) is 0 Å². The second-order valence-electron chi connectivity index (χ2n) is 7.35. The van der Waals surface area contributed by atoms with Crippen LogP contribution >= 0.6 is 0 Å². The summed E-state index contributed by atoms with van der Waals surface area (Å²) >= 11 is 0. The van der Waals surface area contributed by atoms with Crippen LogP contribution in [-0.2, 0) is 11.2 Å². The van der Waals surface area contributed by atoms with Crippen molar-refractivity contribution < 1.29 is 4.79 Å². The van der Waals surface area contributed by atoms with E-state index in [2.05, 4.69) is 37.5 Å². The van der Waals surface area contributed by atoms with Gasteiger partial charge in [-0.25, -0.2) is 0 Å². The van der Waals surface area contributed by atoms with Crippen molar-refractivity contribution in [1.29, 1.82) is 0 Å². The van der Waals surface area contributed by atoms with Gasteiger partial charge in [-0.1, -0.05) is 30.3 Å². The fourth-order valence-electron chi connectivity index (χ4n) is 3.58. The Labute approximate surface area is 176 Å². The monoisotopic (exact) mass is 402 g/mol. The lowest BCUT2D eigenvalue weighted by atomic mass is 10.1. The third-order valence-corrected chi connectivity index (χ3v) is 5.24. The molecule has 7 nitrogen and oxygen atoms in total. The second kappa shape index (κ2) is 9.82.